The Balaban J connectivity index is -0.0000000233. The van der Waals surface area contributed by atoms with Gasteiger partial charge in [-0.05, 0) is 21.1 Å². The van der Waals surface area contributed by atoms with Crippen LogP contribution in [0.3, 0.4) is 0 Å². The van der Waals surface area contributed by atoms with Crippen LogP contribution in [0, 0.1) is 0 Å². The Morgan fingerprint density at radius 2 is 1.12 bits per heavy atom. The molecule has 0 aromatic heterocycles. The van der Waals surface area contributed by atoms with E-state index in [-0.39, 0.29) is 8.85 Å². The average molecular weight is 121 g/mol. The molecule has 0 rings (SSSR count). The number of hydrogen-bond acceptors (Lipinski definition) is 1. The molecular weight excluding hydrogens is 98.1 g/mol. The fourth-order valence-electron chi connectivity index (χ4n) is 0. The number of hydrogen-bond donors (Lipinski definition) is 0. The lowest BCUT2D eigenvalue weighted by molar-refractivity contribution is 0.505. The van der Waals surface area contributed by atoms with Crippen molar-refractivity contribution in [2.75, 3.05) is 21.1 Å². The highest BCUT2D eigenvalue weighted by Crippen LogP contribution is 1.56. The molecule has 0 aromatic carbocycles. The van der Waals surface area contributed by atoms with Crippen LogP contribution in [0.15, 0.2) is 0 Å². The molecule has 0 spiro atoms. The van der Waals surface area contributed by atoms with Crippen LogP contribution < -0.4 is 0 Å². The minimum absolute atomic E-state index is 0. The standard InChI is InChI=1S/C3H9N.C3H8.CH4.H2/c1-4(2)3;1-3-2;;/h1-3H3;3H2,1-2H3;1H4;1H. The van der Waals surface area contributed by atoms with Crippen LogP contribution in [0.1, 0.15) is 29.1 Å². The predicted octanol–water partition coefficient (Wildman–Crippen LogP) is 2.48. The van der Waals surface area contributed by atoms with E-state index in [0.717, 1.165) is 0 Å². The molecule has 0 amide bonds. The van der Waals surface area contributed by atoms with Crippen LogP contribution in [-0.2, 0) is 0 Å². The third-order valence-corrected chi connectivity index (χ3v) is 0. The Hall–Kier alpha value is -0.0400. The van der Waals surface area contributed by atoms with E-state index in [1.165, 1.54) is 6.42 Å². The molecule has 0 heterocycles. The Bertz CT molecular complexity index is 20.1. The highest BCUT2D eigenvalue weighted by atomic mass is 15.0. The summed E-state index contributed by atoms with van der Waals surface area (Å²) in [5.74, 6) is 0. The molecule has 0 saturated heterocycles. The van der Waals surface area contributed by atoms with Gasteiger partial charge in [0.05, 0.1) is 0 Å². The second-order valence-electron chi connectivity index (χ2n) is 2.05. The Labute approximate surface area is 56.2 Å². The first kappa shape index (κ1) is 15.7. The zero-order valence-electron chi connectivity index (χ0n) is 6.15. The average Bonchev–Trinajstić information content (AvgIpc) is 1.33. The molecule has 0 N–H and O–H groups in total. The highest BCUT2D eigenvalue weighted by Gasteiger charge is 1.58. The van der Waals surface area contributed by atoms with Crippen molar-refractivity contribution in [2.45, 2.75) is 27.7 Å². The molecule has 0 aromatic rings. The molecule has 1 heteroatoms. The van der Waals surface area contributed by atoms with Crippen molar-refractivity contribution in [1.29, 1.82) is 0 Å². The van der Waals surface area contributed by atoms with Gasteiger partial charge >= 0.3 is 0 Å². The number of nitrogens with zero attached hydrogens (tertiary/aromatic N) is 1. The minimum Gasteiger partial charge on any atom is -0.312 e. The van der Waals surface area contributed by atoms with Crippen molar-refractivity contribution in [2.24, 2.45) is 0 Å². The molecule has 0 saturated carbocycles. The zero-order chi connectivity index (χ0) is 6.28. The molecular formula is C7H23N. The number of rotatable bonds is 0. The van der Waals surface area contributed by atoms with Crippen molar-refractivity contribution in [3.8, 4) is 0 Å². The summed E-state index contributed by atoms with van der Waals surface area (Å²) in [5, 5.41) is 0. The van der Waals surface area contributed by atoms with E-state index in [4.69, 9.17) is 0 Å². The van der Waals surface area contributed by atoms with Crippen molar-refractivity contribution in [3.05, 3.63) is 0 Å². The Morgan fingerprint density at radius 1 is 1.12 bits per heavy atom. The Morgan fingerprint density at radius 3 is 1.12 bits per heavy atom. The van der Waals surface area contributed by atoms with Crippen LogP contribution in [-0.4, -0.2) is 26.0 Å². The molecule has 0 unspecified atom stereocenters. The van der Waals surface area contributed by atoms with Crippen molar-refractivity contribution < 1.29 is 1.43 Å². The molecule has 0 atom stereocenters. The molecule has 0 aliphatic rings. The molecule has 0 aliphatic carbocycles. The lowest BCUT2D eigenvalue weighted by Crippen LogP contribution is -1.99. The van der Waals surface area contributed by atoms with E-state index in [1.54, 1.807) is 0 Å². The SMILES string of the molecule is C.CCC.CN(C)C.[HH]. The van der Waals surface area contributed by atoms with Gasteiger partial charge in [0.25, 0.3) is 0 Å². The maximum atomic E-state index is 2.12. The van der Waals surface area contributed by atoms with Gasteiger partial charge in [-0.1, -0.05) is 27.7 Å². The normalized spacial score (nSPS) is 6.75. The van der Waals surface area contributed by atoms with Gasteiger partial charge in [-0.3, -0.25) is 0 Å². The van der Waals surface area contributed by atoms with Gasteiger partial charge in [0.1, 0.15) is 0 Å². The van der Waals surface area contributed by atoms with Gasteiger partial charge in [-0.15, -0.1) is 0 Å². The van der Waals surface area contributed by atoms with E-state index in [2.05, 4.69) is 13.8 Å². The molecule has 0 fully saturated rings. The first-order chi connectivity index (χ1) is 3.15. The van der Waals surface area contributed by atoms with Crippen molar-refractivity contribution in [1.82, 2.24) is 4.90 Å². The molecule has 1 nitrogen and oxygen atoms in total. The second kappa shape index (κ2) is 15.8. The van der Waals surface area contributed by atoms with Gasteiger partial charge in [-0.2, -0.15) is 0 Å². The minimum atomic E-state index is 0. The lowest BCUT2D eigenvalue weighted by Gasteiger charge is -1.90. The lowest BCUT2D eigenvalue weighted by atomic mass is 10.6. The molecule has 56 valence electrons. The van der Waals surface area contributed by atoms with Crippen LogP contribution in [0.4, 0.5) is 0 Å². The maximum absolute atomic E-state index is 2.12. The van der Waals surface area contributed by atoms with Crippen molar-refractivity contribution >= 4 is 0 Å². The quantitative estimate of drug-likeness (QED) is 0.476. The van der Waals surface area contributed by atoms with Crippen LogP contribution >= 0.6 is 0 Å². The fraction of sp³-hybridized carbons (Fsp3) is 1.00. The maximum Gasteiger partial charge on any atom is 0 e. The highest BCUT2D eigenvalue weighted by molar-refractivity contribution is 4.09. The van der Waals surface area contributed by atoms with E-state index >= 15 is 0 Å². The molecule has 8 heavy (non-hydrogen) atoms. The monoisotopic (exact) mass is 121 g/mol. The fourth-order valence-corrected chi connectivity index (χ4v) is 0. The summed E-state index contributed by atoms with van der Waals surface area (Å²) in [6.45, 7) is 4.25. The third kappa shape index (κ3) is 91600. The summed E-state index contributed by atoms with van der Waals surface area (Å²) in [7, 11) is 6.00. The van der Waals surface area contributed by atoms with E-state index < -0.39 is 0 Å². The van der Waals surface area contributed by atoms with Crippen molar-refractivity contribution in [3.63, 3.8) is 0 Å². The van der Waals surface area contributed by atoms with E-state index in [1.807, 2.05) is 26.0 Å². The van der Waals surface area contributed by atoms with Gasteiger partial charge < -0.3 is 4.90 Å². The second-order valence-corrected chi connectivity index (χ2v) is 2.05. The summed E-state index contributed by atoms with van der Waals surface area (Å²) in [5.41, 5.74) is 0. The summed E-state index contributed by atoms with van der Waals surface area (Å²) in [6, 6.07) is 0. The smallest absolute Gasteiger partial charge is 0 e. The van der Waals surface area contributed by atoms with Gasteiger partial charge in [0.15, 0.2) is 0 Å². The Kier molecular flexibility index (Phi) is 30.9. The molecule has 0 bridgehead atoms. The zero-order valence-corrected chi connectivity index (χ0v) is 6.15. The van der Waals surface area contributed by atoms with Crippen LogP contribution in [0.2, 0.25) is 0 Å². The first-order valence-corrected chi connectivity index (χ1v) is 2.76. The summed E-state index contributed by atoms with van der Waals surface area (Å²) >= 11 is 0. The third-order valence-electron chi connectivity index (χ3n) is 0. The van der Waals surface area contributed by atoms with Crippen LogP contribution in [0.5, 0.6) is 0 Å². The van der Waals surface area contributed by atoms with Gasteiger partial charge in [0, 0.05) is 1.43 Å². The first-order valence-electron chi connectivity index (χ1n) is 2.76. The summed E-state index contributed by atoms with van der Waals surface area (Å²) in [4.78, 5) is 2.00. The molecule has 0 aliphatic heterocycles. The topological polar surface area (TPSA) is 3.24 Å². The summed E-state index contributed by atoms with van der Waals surface area (Å²) < 4.78 is 0. The summed E-state index contributed by atoms with van der Waals surface area (Å²) in [6.07, 6.45) is 1.25. The predicted molar refractivity (Wildman–Crippen MR) is 44.4 cm³/mol. The van der Waals surface area contributed by atoms with Crippen LogP contribution in [0.25, 0.3) is 0 Å². The van der Waals surface area contributed by atoms with E-state index in [9.17, 15) is 0 Å². The van der Waals surface area contributed by atoms with Gasteiger partial charge in [0.2, 0.25) is 0 Å². The van der Waals surface area contributed by atoms with E-state index in [0.29, 0.717) is 0 Å². The van der Waals surface area contributed by atoms with Gasteiger partial charge in [-0.25, -0.2) is 0 Å². The molecule has 0 radical (unpaired) electrons. The largest absolute Gasteiger partial charge is 0.312 e.